The molecule has 260 valence electrons. The molecule has 0 spiro atoms. The first-order chi connectivity index (χ1) is 27.2. The largest absolute Gasteiger partial charge is 0.488 e. The average molecular weight is 707 g/mol. The highest BCUT2D eigenvalue weighted by atomic mass is 16.5. The third kappa shape index (κ3) is 5.70. The van der Waals surface area contributed by atoms with Gasteiger partial charge in [0.1, 0.15) is 12.4 Å². The molecule has 5 nitrogen and oxygen atoms in total. The van der Waals surface area contributed by atoms with Crippen molar-refractivity contribution in [3.63, 3.8) is 0 Å². The molecule has 0 atom stereocenters. The Bertz CT molecular complexity index is 2920. The summed E-state index contributed by atoms with van der Waals surface area (Å²) in [7, 11) is 0. The second-order valence-corrected chi connectivity index (χ2v) is 13.6. The van der Waals surface area contributed by atoms with E-state index in [4.69, 9.17) is 19.7 Å². The molecule has 0 unspecified atom stereocenters. The third-order valence-electron chi connectivity index (χ3n) is 10.3. The normalized spacial score (nSPS) is 13.9. The monoisotopic (exact) mass is 706 g/mol. The van der Waals surface area contributed by atoms with E-state index in [-0.39, 0.29) is 0 Å². The maximum absolute atomic E-state index is 6.61. The van der Waals surface area contributed by atoms with E-state index in [0.29, 0.717) is 24.1 Å². The highest BCUT2D eigenvalue weighted by Crippen LogP contribution is 2.44. The number of nitrogens with zero attached hydrogens (tertiary/aromatic N) is 4. The summed E-state index contributed by atoms with van der Waals surface area (Å²) in [5.41, 5.74) is 10.1. The summed E-state index contributed by atoms with van der Waals surface area (Å²) in [6, 6.07) is 54.7. The van der Waals surface area contributed by atoms with E-state index in [1.54, 1.807) is 0 Å². The molecule has 10 rings (SSSR count). The number of hydrogen-bond donors (Lipinski definition) is 0. The van der Waals surface area contributed by atoms with Crippen LogP contribution in [0.4, 0.5) is 0 Å². The second-order valence-electron chi connectivity index (χ2n) is 13.6. The molecule has 3 heterocycles. The summed E-state index contributed by atoms with van der Waals surface area (Å²) in [6.45, 7) is 4.87. The van der Waals surface area contributed by atoms with Crippen molar-refractivity contribution in [3.8, 4) is 56.7 Å². The van der Waals surface area contributed by atoms with Crippen molar-refractivity contribution in [2.24, 2.45) is 0 Å². The predicted octanol–water partition coefficient (Wildman–Crippen LogP) is 12.3. The minimum atomic E-state index is 0.454. The first kappa shape index (κ1) is 32.3. The summed E-state index contributed by atoms with van der Waals surface area (Å²) in [4.78, 5) is 15.2. The van der Waals surface area contributed by atoms with E-state index in [0.717, 1.165) is 83.0 Å². The number of para-hydroxylation sites is 1. The fourth-order valence-corrected chi connectivity index (χ4v) is 7.73. The summed E-state index contributed by atoms with van der Waals surface area (Å²) in [5, 5.41) is 4.33. The van der Waals surface area contributed by atoms with Gasteiger partial charge in [0.25, 0.3) is 0 Å². The lowest BCUT2D eigenvalue weighted by Gasteiger charge is -2.14. The Balaban J connectivity index is 1.23. The lowest BCUT2D eigenvalue weighted by atomic mass is 9.93. The van der Waals surface area contributed by atoms with E-state index in [9.17, 15) is 0 Å². The quantitative estimate of drug-likeness (QED) is 0.179. The van der Waals surface area contributed by atoms with Crippen molar-refractivity contribution in [1.29, 1.82) is 0 Å². The number of hydrogen-bond acceptors (Lipinski definition) is 4. The summed E-state index contributed by atoms with van der Waals surface area (Å²) in [5.74, 6) is 2.72. The second kappa shape index (κ2) is 13.6. The smallest absolute Gasteiger partial charge is 0.164 e. The molecular formula is C50H34N4O. The van der Waals surface area contributed by atoms with Crippen LogP contribution >= 0.6 is 0 Å². The van der Waals surface area contributed by atoms with Crippen molar-refractivity contribution < 1.29 is 4.74 Å². The Morgan fingerprint density at radius 3 is 1.85 bits per heavy atom. The summed E-state index contributed by atoms with van der Waals surface area (Å²) in [6.07, 6.45) is 8.11. The topological polar surface area (TPSA) is 52.8 Å². The highest BCUT2D eigenvalue weighted by Gasteiger charge is 2.22. The molecular weight excluding hydrogens is 673 g/mol. The molecule has 0 saturated carbocycles. The van der Waals surface area contributed by atoms with E-state index in [1.807, 2.05) is 85.0 Å². The molecule has 0 N–H and O–H groups in total. The zero-order valence-corrected chi connectivity index (χ0v) is 29.9. The fraction of sp³-hybridized carbons (Fsp3) is 0.0200. The molecule has 1 aliphatic rings. The molecule has 0 fully saturated rings. The van der Waals surface area contributed by atoms with Crippen LogP contribution in [0.2, 0.25) is 0 Å². The van der Waals surface area contributed by atoms with Gasteiger partial charge < -0.3 is 9.30 Å². The Hall–Kier alpha value is -7.37. The first-order valence-corrected chi connectivity index (χ1v) is 18.4. The van der Waals surface area contributed by atoms with Crippen LogP contribution in [-0.2, 0) is 0 Å². The number of aromatic nitrogens is 4. The van der Waals surface area contributed by atoms with Crippen LogP contribution in [0.15, 0.2) is 189 Å². The molecule has 0 saturated heterocycles. The van der Waals surface area contributed by atoms with Crippen LogP contribution in [-0.4, -0.2) is 26.1 Å². The minimum absolute atomic E-state index is 0.454. The molecule has 55 heavy (non-hydrogen) atoms. The van der Waals surface area contributed by atoms with Gasteiger partial charge in [-0.25, -0.2) is 15.0 Å². The molecule has 0 radical (unpaired) electrons. The van der Waals surface area contributed by atoms with Gasteiger partial charge in [-0.05, 0) is 64.6 Å². The Kier molecular flexibility index (Phi) is 7.96. The summed E-state index contributed by atoms with van der Waals surface area (Å²) >= 11 is 0. The van der Waals surface area contributed by atoms with Crippen molar-refractivity contribution >= 4 is 38.2 Å². The van der Waals surface area contributed by atoms with Gasteiger partial charge in [0.05, 0.1) is 16.4 Å². The van der Waals surface area contributed by atoms with Gasteiger partial charge in [0, 0.05) is 38.7 Å². The number of allylic oxidation sites excluding steroid dienone is 4. The maximum atomic E-state index is 6.61. The zero-order valence-electron chi connectivity index (χ0n) is 29.9. The van der Waals surface area contributed by atoms with Gasteiger partial charge in [-0.3, -0.25) is 0 Å². The van der Waals surface area contributed by atoms with Crippen molar-refractivity contribution in [1.82, 2.24) is 19.5 Å². The lowest BCUT2D eigenvalue weighted by Crippen LogP contribution is -2.00. The van der Waals surface area contributed by atoms with Gasteiger partial charge >= 0.3 is 0 Å². The SMILES string of the molecule is C=C1/C=C\C=C/COc2c1ccc1c2c2cc(-c3cccc4cccc(-c5nc(-c6ccccc6)nc(-c6ccccc6)n5)c34)ccc2n1-c1ccccc1. The molecule has 2 aromatic heterocycles. The molecule has 5 heteroatoms. The maximum Gasteiger partial charge on any atom is 0.164 e. The standard InChI is InChI=1S/C50H34N4O/c1-33-16-6-5-13-31-55-47-39(33)28-30-44-46(47)42-32-37(27-29-43(42)54(44)38-23-11-4-12-24-38)40-25-14-21-34-22-15-26-41(45(34)40)50-52-48(35-17-7-2-8-18-35)51-49(53-50)36-19-9-3-10-20-36/h2-30,32H,1,31H2/b13-5-,16-6-. The zero-order chi connectivity index (χ0) is 36.7. The molecule has 0 bridgehead atoms. The molecule has 0 amide bonds. The minimum Gasteiger partial charge on any atom is -0.488 e. The molecule has 0 aliphatic carbocycles. The number of ether oxygens (including phenoxy) is 1. The molecule has 9 aromatic rings. The van der Waals surface area contributed by atoms with Crippen LogP contribution in [0.1, 0.15) is 5.56 Å². The van der Waals surface area contributed by atoms with Crippen molar-refractivity contribution in [2.75, 3.05) is 6.61 Å². The van der Waals surface area contributed by atoms with Crippen LogP contribution < -0.4 is 4.74 Å². The van der Waals surface area contributed by atoms with Gasteiger partial charge in [-0.2, -0.15) is 0 Å². The molecule has 1 aliphatic heterocycles. The van der Waals surface area contributed by atoms with Crippen molar-refractivity contribution in [3.05, 3.63) is 194 Å². The van der Waals surface area contributed by atoms with Gasteiger partial charge in [0.15, 0.2) is 17.5 Å². The van der Waals surface area contributed by atoms with E-state index >= 15 is 0 Å². The number of rotatable bonds is 5. The lowest BCUT2D eigenvalue weighted by molar-refractivity contribution is 0.366. The van der Waals surface area contributed by atoms with Crippen LogP contribution in [0.3, 0.4) is 0 Å². The molecule has 7 aromatic carbocycles. The van der Waals surface area contributed by atoms with Crippen LogP contribution in [0.5, 0.6) is 5.75 Å². The first-order valence-electron chi connectivity index (χ1n) is 18.4. The number of fused-ring (bicyclic) bond motifs is 6. The van der Waals surface area contributed by atoms with E-state index in [1.165, 1.54) is 0 Å². The van der Waals surface area contributed by atoms with Gasteiger partial charge in [-0.1, -0.05) is 146 Å². The van der Waals surface area contributed by atoms with Gasteiger partial charge in [-0.15, -0.1) is 0 Å². The third-order valence-corrected chi connectivity index (χ3v) is 10.3. The average Bonchev–Trinajstić information content (AvgIpc) is 3.62. The van der Waals surface area contributed by atoms with Crippen molar-refractivity contribution in [2.45, 2.75) is 0 Å². The predicted molar refractivity (Wildman–Crippen MR) is 226 cm³/mol. The van der Waals surface area contributed by atoms with Crippen LogP contribution in [0, 0.1) is 0 Å². The highest BCUT2D eigenvalue weighted by molar-refractivity contribution is 6.16. The number of benzene rings is 7. The van der Waals surface area contributed by atoms with Gasteiger partial charge in [0.2, 0.25) is 0 Å². The Morgan fingerprint density at radius 1 is 0.509 bits per heavy atom. The Labute approximate surface area is 318 Å². The summed E-state index contributed by atoms with van der Waals surface area (Å²) < 4.78 is 8.94. The van der Waals surface area contributed by atoms with Crippen LogP contribution in [0.25, 0.3) is 89.1 Å². The Morgan fingerprint density at radius 2 is 1.15 bits per heavy atom. The van der Waals surface area contributed by atoms with E-state index < -0.39 is 0 Å². The van der Waals surface area contributed by atoms with E-state index in [2.05, 4.69) is 108 Å². The fourth-order valence-electron chi connectivity index (χ4n) is 7.73.